The van der Waals surface area contributed by atoms with Crippen molar-refractivity contribution in [3.05, 3.63) is 199 Å². The van der Waals surface area contributed by atoms with Crippen molar-refractivity contribution in [2.24, 2.45) is 0 Å². The summed E-state index contributed by atoms with van der Waals surface area (Å²) in [5, 5.41) is 11.7. The Balaban J connectivity index is 1.00. The van der Waals surface area contributed by atoms with Crippen molar-refractivity contribution in [2.45, 2.75) is 19.3 Å². The van der Waals surface area contributed by atoms with E-state index in [4.69, 9.17) is 19.4 Å². The molecule has 2 heterocycles. The number of hydrogen-bond acceptors (Lipinski definition) is 4. The van der Waals surface area contributed by atoms with E-state index in [-0.39, 0.29) is 5.41 Å². The third-order valence-corrected chi connectivity index (χ3v) is 13.3. The first-order valence-corrected chi connectivity index (χ1v) is 21.3. The van der Waals surface area contributed by atoms with E-state index < -0.39 is 0 Å². The van der Waals surface area contributed by atoms with Crippen molar-refractivity contribution in [3.63, 3.8) is 0 Å². The number of benzene rings is 10. The van der Waals surface area contributed by atoms with E-state index in [1.807, 2.05) is 6.07 Å². The highest BCUT2D eigenvalue weighted by Gasteiger charge is 2.35. The largest absolute Gasteiger partial charge is 0.455 e. The molecule has 4 heteroatoms. The van der Waals surface area contributed by atoms with Crippen LogP contribution in [0.2, 0.25) is 0 Å². The molecule has 2 aromatic heterocycles. The van der Waals surface area contributed by atoms with E-state index in [2.05, 4.69) is 196 Å². The fourth-order valence-electron chi connectivity index (χ4n) is 10.2. The van der Waals surface area contributed by atoms with Gasteiger partial charge in [-0.1, -0.05) is 178 Å². The third kappa shape index (κ3) is 5.10. The van der Waals surface area contributed by atoms with Crippen LogP contribution in [0.25, 0.3) is 121 Å². The predicted molar refractivity (Wildman–Crippen MR) is 256 cm³/mol. The summed E-state index contributed by atoms with van der Waals surface area (Å²) < 4.78 is 6.74. The topological polar surface area (TPSA) is 51.8 Å². The lowest BCUT2D eigenvalue weighted by Crippen LogP contribution is -2.15. The zero-order valence-corrected chi connectivity index (χ0v) is 34.1. The fourth-order valence-corrected chi connectivity index (χ4v) is 10.2. The van der Waals surface area contributed by atoms with Crippen LogP contribution < -0.4 is 0 Å². The molecule has 1 aliphatic rings. The van der Waals surface area contributed by atoms with Gasteiger partial charge in [0.15, 0.2) is 17.5 Å². The van der Waals surface area contributed by atoms with Crippen molar-refractivity contribution in [1.82, 2.24) is 15.0 Å². The number of para-hydroxylation sites is 1. The SMILES string of the molecule is CC1(C)c2ccccc2-c2ccc(-c3nc(-c4ccc(-c5cc6ccc7ccccc7c6c6c5oc5ccccc56)cc4)nc(-c4cc5ccccc5c5ccccc45)n3)cc21. The Kier molecular flexibility index (Phi) is 7.32. The van der Waals surface area contributed by atoms with Gasteiger partial charge >= 0.3 is 0 Å². The van der Waals surface area contributed by atoms with E-state index in [1.54, 1.807) is 0 Å². The summed E-state index contributed by atoms with van der Waals surface area (Å²) >= 11 is 0. The van der Waals surface area contributed by atoms with Gasteiger partial charge in [0.05, 0.1) is 0 Å². The van der Waals surface area contributed by atoms with Crippen LogP contribution in [0.4, 0.5) is 0 Å². The highest BCUT2D eigenvalue weighted by molar-refractivity contribution is 6.29. The summed E-state index contributed by atoms with van der Waals surface area (Å²) in [4.78, 5) is 15.9. The van der Waals surface area contributed by atoms with Crippen molar-refractivity contribution >= 4 is 65.0 Å². The van der Waals surface area contributed by atoms with Crippen LogP contribution in [0.15, 0.2) is 192 Å². The minimum absolute atomic E-state index is 0.161. The fraction of sp³-hybridized carbons (Fsp3) is 0.0517. The maximum atomic E-state index is 6.74. The first-order chi connectivity index (χ1) is 30.5. The van der Waals surface area contributed by atoms with Gasteiger partial charge in [-0.15, -0.1) is 0 Å². The Labute approximate surface area is 357 Å². The molecule has 0 amide bonds. The molecule has 0 spiro atoms. The van der Waals surface area contributed by atoms with Gasteiger partial charge < -0.3 is 4.42 Å². The summed E-state index contributed by atoms with van der Waals surface area (Å²) in [5.74, 6) is 1.91. The lowest BCUT2D eigenvalue weighted by Gasteiger charge is -2.21. The van der Waals surface area contributed by atoms with Crippen molar-refractivity contribution in [3.8, 4) is 56.4 Å². The Bertz CT molecular complexity index is 3840. The zero-order valence-electron chi connectivity index (χ0n) is 34.1. The number of nitrogens with zero attached hydrogens (tertiary/aromatic N) is 3. The van der Waals surface area contributed by atoms with Gasteiger partial charge in [0.1, 0.15) is 11.2 Å². The van der Waals surface area contributed by atoms with E-state index in [1.165, 1.54) is 54.6 Å². The average molecular weight is 792 g/mol. The minimum Gasteiger partial charge on any atom is -0.455 e. The van der Waals surface area contributed by atoms with Gasteiger partial charge in [0, 0.05) is 43.8 Å². The van der Waals surface area contributed by atoms with E-state index in [9.17, 15) is 0 Å². The summed E-state index contributed by atoms with van der Waals surface area (Å²) in [6.07, 6.45) is 0. The Morgan fingerprint density at radius 1 is 0.355 bits per heavy atom. The number of fused-ring (bicyclic) bond motifs is 13. The van der Waals surface area contributed by atoms with Crippen LogP contribution in [-0.4, -0.2) is 15.0 Å². The van der Waals surface area contributed by atoms with Gasteiger partial charge in [-0.2, -0.15) is 0 Å². The first-order valence-electron chi connectivity index (χ1n) is 21.3. The Morgan fingerprint density at radius 2 is 0.935 bits per heavy atom. The number of aromatic nitrogens is 3. The Hall–Kier alpha value is -7.95. The van der Waals surface area contributed by atoms with Crippen LogP contribution in [0.5, 0.6) is 0 Å². The molecule has 10 aromatic carbocycles. The summed E-state index contributed by atoms with van der Waals surface area (Å²) in [7, 11) is 0. The summed E-state index contributed by atoms with van der Waals surface area (Å²) in [6.45, 7) is 4.62. The van der Waals surface area contributed by atoms with Gasteiger partial charge in [0.25, 0.3) is 0 Å². The van der Waals surface area contributed by atoms with E-state index >= 15 is 0 Å². The average Bonchev–Trinajstić information content (AvgIpc) is 3.83. The van der Waals surface area contributed by atoms with Gasteiger partial charge in [-0.3, -0.25) is 0 Å². The van der Waals surface area contributed by atoms with E-state index in [0.717, 1.165) is 60.5 Å². The van der Waals surface area contributed by atoms with Gasteiger partial charge in [-0.25, -0.2) is 15.0 Å². The molecular weight excluding hydrogens is 755 g/mol. The van der Waals surface area contributed by atoms with Crippen LogP contribution in [0.3, 0.4) is 0 Å². The van der Waals surface area contributed by atoms with Crippen LogP contribution in [0, 0.1) is 0 Å². The molecule has 0 N–H and O–H groups in total. The van der Waals surface area contributed by atoms with Crippen LogP contribution >= 0.6 is 0 Å². The summed E-state index contributed by atoms with van der Waals surface area (Å²) in [5.41, 5.74) is 11.7. The molecule has 0 atom stereocenters. The molecule has 0 radical (unpaired) electrons. The highest BCUT2D eigenvalue weighted by atomic mass is 16.3. The molecular formula is C58H37N3O. The van der Waals surface area contributed by atoms with Crippen molar-refractivity contribution < 1.29 is 4.42 Å². The van der Waals surface area contributed by atoms with Crippen molar-refractivity contribution in [2.75, 3.05) is 0 Å². The van der Waals surface area contributed by atoms with Crippen molar-refractivity contribution in [1.29, 1.82) is 0 Å². The molecule has 12 aromatic rings. The molecule has 0 fully saturated rings. The minimum atomic E-state index is -0.161. The monoisotopic (exact) mass is 791 g/mol. The lowest BCUT2D eigenvalue weighted by atomic mass is 9.82. The maximum absolute atomic E-state index is 6.74. The molecule has 0 bridgehead atoms. The second-order valence-corrected chi connectivity index (χ2v) is 17.1. The second-order valence-electron chi connectivity index (χ2n) is 17.1. The first kappa shape index (κ1) is 34.9. The smallest absolute Gasteiger partial charge is 0.164 e. The number of rotatable bonds is 4. The van der Waals surface area contributed by atoms with Crippen LogP contribution in [0.1, 0.15) is 25.0 Å². The van der Waals surface area contributed by atoms with E-state index in [0.29, 0.717) is 17.5 Å². The maximum Gasteiger partial charge on any atom is 0.164 e. The number of hydrogen-bond donors (Lipinski definition) is 0. The molecule has 62 heavy (non-hydrogen) atoms. The number of furan rings is 1. The molecule has 0 saturated carbocycles. The highest BCUT2D eigenvalue weighted by Crippen LogP contribution is 2.50. The van der Waals surface area contributed by atoms with Gasteiger partial charge in [0.2, 0.25) is 0 Å². The molecule has 0 aliphatic heterocycles. The molecule has 290 valence electrons. The Morgan fingerprint density at radius 3 is 1.77 bits per heavy atom. The molecule has 1 aliphatic carbocycles. The quantitative estimate of drug-likeness (QED) is 0.167. The predicted octanol–water partition coefficient (Wildman–Crippen LogP) is 15.4. The van der Waals surface area contributed by atoms with Gasteiger partial charge in [-0.05, 0) is 89.8 Å². The standard InChI is InChI=1S/C58H37N3O/c1-58(2)49-21-11-9-19-44(49)45-30-29-39(33-50(45)58)56-59-55(60-57(61-56)48-31-37-14-4-5-15-40(37)42-17-7-8-18-43(42)48)36-26-23-35(24-27-36)47-32-38-28-25-34-13-3-6-16-41(34)52(38)53-46-20-10-12-22-51(46)62-54(47)53/h3-33H,1-2H3. The molecule has 13 rings (SSSR count). The molecule has 0 unspecified atom stereocenters. The lowest BCUT2D eigenvalue weighted by molar-refractivity contribution is 0.660. The molecule has 0 saturated heterocycles. The normalized spacial score (nSPS) is 13.1. The zero-order chi connectivity index (χ0) is 41.1. The summed E-state index contributed by atoms with van der Waals surface area (Å²) in [6, 6.07) is 67.1. The molecule has 4 nitrogen and oxygen atoms in total. The third-order valence-electron chi connectivity index (χ3n) is 13.3. The van der Waals surface area contributed by atoms with Crippen LogP contribution in [-0.2, 0) is 5.41 Å². The second kappa shape index (κ2) is 13.0.